The van der Waals surface area contributed by atoms with E-state index in [1.165, 1.54) is 12.8 Å². The number of rotatable bonds is 4. The number of hydrogen-bond donors (Lipinski definition) is 1. The Balaban J connectivity index is 1.74. The highest BCUT2D eigenvalue weighted by molar-refractivity contribution is 5.97. The molecule has 2 amide bonds. The second-order valence-corrected chi connectivity index (χ2v) is 7.37. The van der Waals surface area contributed by atoms with Crippen molar-refractivity contribution >= 4 is 11.7 Å². The molecule has 2 fully saturated rings. The molecule has 0 bridgehead atoms. The van der Waals surface area contributed by atoms with Gasteiger partial charge >= 0.3 is 6.03 Å². The van der Waals surface area contributed by atoms with Gasteiger partial charge in [-0.2, -0.15) is 0 Å². The second kappa shape index (κ2) is 5.74. The van der Waals surface area contributed by atoms with Crippen LogP contribution >= 0.6 is 0 Å². The van der Waals surface area contributed by atoms with E-state index in [-0.39, 0.29) is 6.03 Å². The summed E-state index contributed by atoms with van der Waals surface area (Å²) in [5.74, 6) is 1.45. The van der Waals surface area contributed by atoms with Crippen molar-refractivity contribution in [3.05, 3.63) is 59.7 Å². The van der Waals surface area contributed by atoms with E-state index in [0.717, 1.165) is 35.7 Å². The minimum atomic E-state index is -0.623. The molecular weight excluding hydrogens is 326 g/mol. The van der Waals surface area contributed by atoms with Gasteiger partial charge in [0.1, 0.15) is 11.4 Å². The number of ether oxygens (including phenoxy) is 1. The zero-order valence-electron chi connectivity index (χ0n) is 14.9. The normalized spacial score (nSPS) is 24.4. The number of nitrogens with one attached hydrogen (secondary N) is 1. The van der Waals surface area contributed by atoms with Crippen molar-refractivity contribution < 1.29 is 9.53 Å². The fourth-order valence-corrected chi connectivity index (χ4v) is 4.34. The third-order valence-corrected chi connectivity index (χ3v) is 5.80. The third-order valence-electron chi connectivity index (χ3n) is 5.80. The number of methoxy groups -OCH3 is 1. The Kier molecular flexibility index (Phi) is 3.47. The summed E-state index contributed by atoms with van der Waals surface area (Å²) in [6, 6.07) is 16.4. The van der Waals surface area contributed by atoms with Crippen molar-refractivity contribution in [3.63, 3.8) is 0 Å². The Morgan fingerprint density at radius 1 is 1.19 bits per heavy atom. The molecule has 2 aromatic carbocycles. The lowest BCUT2D eigenvalue weighted by Crippen LogP contribution is -2.60. The van der Waals surface area contributed by atoms with Gasteiger partial charge in [-0.15, -0.1) is 0 Å². The molecule has 5 rings (SSSR count). The Morgan fingerprint density at radius 3 is 2.73 bits per heavy atom. The molecule has 3 aliphatic rings. The summed E-state index contributed by atoms with van der Waals surface area (Å²) >= 11 is 0. The number of hydrogen-bond acceptors (Lipinski definition) is 3. The highest BCUT2D eigenvalue weighted by Gasteiger charge is 2.53. The average molecular weight is 349 g/mol. The minimum absolute atomic E-state index is 0.100. The molecule has 26 heavy (non-hydrogen) atoms. The Labute approximate surface area is 153 Å². The van der Waals surface area contributed by atoms with Crippen LogP contribution in [-0.4, -0.2) is 37.7 Å². The number of carbonyl (C=O) groups excluding carboxylic acids is 1. The van der Waals surface area contributed by atoms with Crippen molar-refractivity contribution in [2.45, 2.75) is 18.5 Å². The topological polar surface area (TPSA) is 44.8 Å². The molecule has 1 aliphatic carbocycles. The summed E-state index contributed by atoms with van der Waals surface area (Å²) < 4.78 is 5.52. The van der Waals surface area contributed by atoms with Crippen LogP contribution in [-0.2, 0) is 5.66 Å². The molecule has 2 heterocycles. The molecule has 0 spiro atoms. The molecule has 2 aromatic rings. The lowest BCUT2D eigenvalue weighted by molar-refractivity contribution is 0.156. The summed E-state index contributed by atoms with van der Waals surface area (Å²) in [6.45, 7) is 2.28. The lowest BCUT2D eigenvalue weighted by atomic mass is 9.87. The molecule has 0 aromatic heterocycles. The van der Waals surface area contributed by atoms with Gasteiger partial charge < -0.3 is 4.74 Å². The highest BCUT2D eigenvalue weighted by Crippen LogP contribution is 2.47. The van der Waals surface area contributed by atoms with Gasteiger partial charge in [0.2, 0.25) is 0 Å². The zero-order chi connectivity index (χ0) is 17.7. The van der Waals surface area contributed by atoms with Gasteiger partial charge in [-0.1, -0.05) is 30.3 Å². The second-order valence-electron chi connectivity index (χ2n) is 7.37. The SMILES string of the molecule is COc1ccc2c(c1)C1(c3ccccc3)NCCN1C(=O)N2CC1CC1. The van der Waals surface area contributed by atoms with E-state index in [1.807, 2.05) is 40.1 Å². The molecular formula is C21H23N3O2. The molecule has 2 aliphatic heterocycles. The van der Waals surface area contributed by atoms with E-state index in [9.17, 15) is 4.79 Å². The molecule has 5 heteroatoms. The van der Waals surface area contributed by atoms with Crippen molar-refractivity contribution in [2.75, 3.05) is 31.6 Å². The van der Waals surface area contributed by atoms with Crippen molar-refractivity contribution in [1.29, 1.82) is 0 Å². The number of nitrogens with zero attached hydrogens (tertiary/aromatic N) is 2. The maximum absolute atomic E-state index is 13.4. The predicted octanol–water partition coefficient (Wildman–Crippen LogP) is 3.15. The van der Waals surface area contributed by atoms with Gasteiger partial charge in [-0.05, 0) is 42.5 Å². The first-order valence-electron chi connectivity index (χ1n) is 9.32. The average Bonchev–Trinajstić information content (AvgIpc) is 3.40. The summed E-state index contributed by atoms with van der Waals surface area (Å²) in [6.07, 6.45) is 2.44. The number of benzene rings is 2. The Morgan fingerprint density at radius 2 is 2.00 bits per heavy atom. The third kappa shape index (κ3) is 2.16. The number of carbonyl (C=O) groups is 1. The molecule has 1 unspecified atom stereocenters. The van der Waals surface area contributed by atoms with Crippen molar-refractivity contribution in [1.82, 2.24) is 10.2 Å². The van der Waals surface area contributed by atoms with E-state index < -0.39 is 5.66 Å². The van der Waals surface area contributed by atoms with Gasteiger partial charge in [0.25, 0.3) is 0 Å². The smallest absolute Gasteiger partial charge is 0.326 e. The van der Waals surface area contributed by atoms with Crippen LogP contribution < -0.4 is 15.0 Å². The summed E-state index contributed by atoms with van der Waals surface area (Å²) in [5, 5.41) is 3.64. The number of fused-ring (bicyclic) bond motifs is 3. The molecule has 1 saturated heterocycles. The molecule has 134 valence electrons. The van der Waals surface area contributed by atoms with Crippen LogP contribution in [0.15, 0.2) is 48.5 Å². The van der Waals surface area contributed by atoms with Crippen LogP contribution in [0.5, 0.6) is 5.75 Å². The van der Waals surface area contributed by atoms with E-state index in [2.05, 4.69) is 23.5 Å². The van der Waals surface area contributed by atoms with E-state index in [0.29, 0.717) is 12.5 Å². The summed E-state index contributed by atoms with van der Waals surface area (Å²) in [7, 11) is 1.69. The fourth-order valence-electron chi connectivity index (χ4n) is 4.34. The highest BCUT2D eigenvalue weighted by atomic mass is 16.5. The fraction of sp³-hybridized carbons (Fsp3) is 0.381. The summed E-state index contributed by atoms with van der Waals surface area (Å²) in [5.41, 5.74) is 2.56. The van der Waals surface area contributed by atoms with Crippen molar-refractivity contribution in [2.24, 2.45) is 5.92 Å². The van der Waals surface area contributed by atoms with Crippen LogP contribution in [0, 0.1) is 5.92 Å². The quantitative estimate of drug-likeness (QED) is 0.922. The first kappa shape index (κ1) is 15.7. The standard InChI is InChI=1S/C21H23N3O2/c1-26-17-9-10-19-18(13-17)21(16-5-3-2-4-6-16)22-11-12-24(21)20(25)23(19)14-15-7-8-15/h2-6,9-10,13,15,22H,7-8,11-12,14H2,1H3. The monoisotopic (exact) mass is 349 g/mol. The van der Waals surface area contributed by atoms with Crippen LogP contribution in [0.1, 0.15) is 24.0 Å². The maximum atomic E-state index is 13.4. The van der Waals surface area contributed by atoms with Gasteiger partial charge in [0.05, 0.1) is 12.8 Å². The first-order valence-corrected chi connectivity index (χ1v) is 9.32. The van der Waals surface area contributed by atoms with Crippen LogP contribution in [0.3, 0.4) is 0 Å². The predicted molar refractivity (Wildman–Crippen MR) is 100 cm³/mol. The molecule has 1 N–H and O–H groups in total. The zero-order valence-corrected chi connectivity index (χ0v) is 14.9. The number of anilines is 1. The van der Waals surface area contributed by atoms with Crippen molar-refractivity contribution in [3.8, 4) is 5.75 Å². The van der Waals surface area contributed by atoms with E-state index in [1.54, 1.807) is 7.11 Å². The molecule has 0 radical (unpaired) electrons. The Hall–Kier alpha value is -2.53. The largest absolute Gasteiger partial charge is 0.497 e. The number of urea groups is 1. The number of amides is 2. The maximum Gasteiger partial charge on any atom is 0.326 e. The molecule has 1 atom stereocenters. The molecule has 5 nitrogen and oxygen atoms in total. The summed E-state index contributed by atoms with van der Waals surface area (Å²) in [4.78, 5) is 17.4. The first-order chi connectivity index (χ1) is 12.7. The minimum Gasteiger partial charge on any atom is -0.497 e. The van der Waals surface area contributed by atoms with Crippen LogP contribution in [0.4, 0.5) is 10.5 Å². The van der Waals surface area contributed by atoms with Gasteiger partial charge in [-0.25, -0.2) is 4.79 Å². The lowest BCUT2D eigenvalue weighted by Gasteiger charge is -2.47. The van der Waals surface area contributed by atoms with Gasteiger partial charge in [0.15, 0.2) is 0 Å². The van der Waals surface area contributed by atoms with E-state index >= 15 is 0 Å². The van der Waals surface area contributed by atoms with E-state index in [4.69, 9.17) is 4.74 Å². The van der Waals surface area contributed by atoms with Gasteiger partial charge in [-0.3, -0.25) is 15.1 Å². The molecule has 1 saturated carbocycles. The van der Waals surface area contributed by atoms with Crippen LogP contribution in [0.25, 0.3) is 0 Å². The van der Waals surface area contributed by atoms with Gasteiger partial charge in [0, 0.05) is 25.2 Å². The van der Waals surface area contributed by atoms with Crippen LogP contribution in [0.2, 0.25) is 0 Å². The Bertz CT molecular complexity index is 850.